The van der Waals surface area contributed by atoms with Gasteiger partial charge in [-0.25, -0.2) is 0 Å². The molecule has 1 heterocycles. The molecule has 0 saturated heterocycles. The van der Waals surface area contributed by atoms with Crippen LogP contribution in [0.2, 0.25) is 0 Å². The van der Waals surface area contributed by atoms with Crippen molar-refractivity contribution in [3.05, 3.63) is 29.8 Å². The number of rotatable bonds is 1. The zero-order valence-electron chi connectivity index (χ0n) is 12.1. The molecule has 3 heteroatoms. The van der Waals surface area contributed by atoms with Crippen molar-refractivity contribution in [2.24, 2.45) is 11.7 Å². The van der Waals surface area contributed by atoms with Gasteiger partial charge < -0.3 is 10.6 Å². The van der Waals surface area contributed by atoms with Crippen molar-refractivity contribution in [2.75, 3.05) is 11.4 Å². The van der Waals surface area contributed by atoms with Crippen LogP contribution in [-0.2, 0) is 11.2 Å². The number of nitrogens with zero attached hydrogens (tertiary/aromatic N) is 1. The van der Waals surface area contributed by atoms with E-state index in [2.05, 4.69) is 12.1 Å². The van der Waals surface area contributed by atoms with E-state index in [1.165, 1.54) is 31.2 Å². The van der Waals surface area contributed by atoms with Gasteiger partial charge in [-0.2, -0.15) is 0 Å². The van der Waals surface area contributed by atoms with Crippen LogP contribution in [0.25, 0.3) is 0 Å². The Balaban J connectivity index is 1.83. The number of carbonyl (C=O) groups excluding carboxylic acids is 1. The van der Waals surface area contributed by atoms with Gasteiger partial charge in [0.2, 0.25) is 5.91 Å². The van der Waals surface area contributed by atoms with Gasteiger partial charge in [-0.3, -0.25) is 4.79 Å². The first-order valence-corrected chi connectivity index (χ1v) is 7.90. The van der Waals surface area contributed by atoms with Crippen LogP contribution < -0.4 is 10.6 Å². The molecule has 0 spiro atoms. The number of benzene rings is 1. The zero-order chi connectivity index (χ0) is 13.9. The van der Waals surface area contributed by atoms with E-state index in [1.807, 2.05) is 17.0 Å². The predicted octanol–water partition coefficient (Wildman–Crippen LogP) is 2.87. The van der Waals surface area contributed by atoms with Crippen LogP contribution in [0.15, 0.2) is 24.3 Å². The Morgan fingerprint density at radius 3 is 2.55 bits per heavy atom. The van der Waals surface area contributed by atoms with Gasteiger partial charge in [0.25, 0.3) is 0 Å². The van der Waals surface area contributed by atoms with E-state index in [-0.39, 0.29) is 12.0 Å². The second-order valence-corrected chi connectivity index (χ2v) is 6.23. The lowest BCUT2D eigenvalue weighted by Crippen LogP contribution is -2.48. The number of anilines is 1. The number of amides is 1. The second kappa shape index (κ2) is 5.96. The molecule has 108 valence electrons. The Labute approximate surface area is 121 Å². The molecule has 3 nitrogen and oxygen atoms in total. The normalized spacial score (nSPS) is 24.1. The smallest absolute Gasteiger partial charge is 0.230 e. The first-order valence-electron chi connectivity index (χ1n) is 7.90. The highest BCUT2D eigenvalue weighted by Gasteiger charge is 2.31. The van der Waals surface area contributed by atoms with E-state index in [9.17, 15) is 4.79 Å². The molecule has 2 N–H and O–H groups in total. The number of carbonyl (C=O) groups is 1. The van der Waals surface area contributed by atoms with Crippen LogP contribution in [0.5, 0.6) is 0 Å². The van der Waals surface area contributed by atoms with Crippen LogP contribution in [0.1, 0.15) is 44.1 Å². The van der Waals surface area contributed by atoms with Gasteiger partial charge in [0.05, 0.1) is 0 Å². The molecule has 1 aliphatic heterocycles. The average Bonchev–Trinajstić information content (AvgIpc) is 2.74. The molecule has 20 heavy (non-hydrogen) atoms. The summed E-state index contributed by atoms with van der Waals surface area (Å²) in [6.45, 7) is 0.673. The van der Waals surface area contributed by atoms with Crippen molar-refractivity contribution in [3.8, 4) is 0 Å². The molecular formula is C17H24N2O. The van der Waals surface area contributed by atoms with E-state index in [1.54, 1.807) is 0 Å². The second-order valence-electron chi connectivity index (χ2n) is 6.23. The highest BCUT2D eigenvalue weighted by molar-refractivity contribution is 5.96. The van der Waals surface area contributed by atoms with E-state index >= 15 is 0 Å². The summed E-state index contributed by atoms with van der Waals surface area (Å²) in [4.78, 5) is 14.8. The van der Waals surface area contributed by atoms with Crippen LogP contribution in [-0.4, -0.2) is 18.5 Å². The fraction of sp³-hybridized carbons (Fsp3) is 0.588. The highest BCUT2D eigenvalue weighted by atomic mass is 16.2. The van der Waals surface area contributed by atoms with Crippen LogP contribution in [0, 0.1) is 5.92 Å². The summed E-state index contributed by atoms with van der Waals surface area (Å²) in [5, 5.41) is 0. The molecule has 1 fully saturated rings. The van der Waals surface area contributed by atoms with Gasteiger partial charge in [0.1, 0.15) is 0 Å². The van der Waals surface area contributed by atoms with Gasteiger partial charge in [-0.1, -0.05) is 43.9 Å². The molecule has 1 aromatic rings. The largest absolute Gasteiger partial charge is 0.326 e. The fourth-order valence-electron chi connectivity index (χ4n) is 3.58. The Kier molecular flexibility index (Phi) is 4.06. The number of nitrogens with two attached hydrogens (primary N) is 1. The maximum Gasteiger partial charge on any atom is 0.230 e. The first-order chi connectivity index (χ1) is 9.75. The van der Waals surface area contributed by atoms with E-state index in [4.69, 9.17) is 5.73 Å². The summed E-state index contributed by atoms with van der Waals surface area (Å²) in [5.41, 5.74) is 8.45. The summed E-state index contributed by atoms with van der Waals surface area (Å²) in [6.07, 6.45) is 7.92. The van der Waals surface area contributed by atoms with Crippen LogP contribution in [0.3, 0.4) is 0 Å². The maximum atomic E-state index is 12.9. The highest BCUT2D eigenvalue weighted by Crippen LogP contribution is 2.31. The Hall–Kier alpha value is -1.35. The molecule has 1 atom stereocenters. The van der Waals surface area contributed by atoms with Crippen molar-refractivity contribution in [2.45, 2.75) is 51.0 Å². The number of hydrogen-bond donors (Lipinski definition) is 1. The number of fused-ring (bicyclic) bond motifs is 1. The van der Waals surface area contributed by atoms with Crippen LogP contribution in [0.4, 0.5) is 5.69 Å². The number of hydrogen-bond acceptors (Lipinski definition) is 2. The van der Waals surface area contributed by atoms with Gasteiger partial charge in [0, 0.05) is 24.2 Å². The van der Waals surface area contributed by atoms with Gasteiger partial charge in [0.15, 0.2) is 0 Å². The lowest BCUT2D eigenvalue weighted by molar-refractivity contribution is -0.122. The van der Waals surface area contributed by atoms with Crippen molar-refractivity contribution in [3.63, 3.8) is 0 Å². The summed E-state index contributed by atoms with van der Waals surface area (Å²) < 4.78 is 0. The Bertz CT molecular complexity index is 478. The monoisotopic (exact) mass is 272 g/mol. The molecule has 1 aromatic carbocycles. The van der Waals surface area contributed by atoms with E-state index < -0.39 is 0 Å². The van der Waals surface area contributed by atoms with Gasteiger partial charge in [-0.15, -0.1) is 0 Å². The molecular weight excluding hydrogens is 248 g/mol. The lowest BCUT2D eigenvalue weighted by atomic mass is 9.94. The van der Waals surface area contributed by atoms with Gasteiger partial charge in [-0.05, 0) is 30.9 Å². The van der Waals surface area contributed by atoms with E-state index in [0.29, 0.717) is 12.5 Å². The standard InChI is InChI=1S/C17H24N2O/c18-15-11-14-9-5-6-10-16(14)19(12-15)17(20)13-7-3-1-2-4-8-13/h5-6,9-10,13,15H,1-4,7-8,11-12,18H2. The molecule has 0 radical (unpaired) electrons. The third kappa shape index (κ3) is 2.73. The van der Waals surface area contributed by atoms with Crippen molar-refractivity contribution < 1.29 is 4.79 Å². The summed E-state index contributed by atoms with van der Waals surface area (Å²) >= 11 is 0. The Morgan fingerprint density at radius 2 is 1.80 bits per heavy atom. The molecule has 2 aliphatic rings. The number of para-hydroxylation sites is 1. The molecule has 1 unspecified atom stereocenters. The molecule has 0 bridgehead atoms. The quantitative estimate of drug-likeness (QED) is 0.799. The topological polar surface area (TPSA) is 46.3 Å². The molecule has 1 aliphatic carbocycles. The van der Waals surface area contributed by atoms with Gasteiger partial charge >= 0.3 is 0 Å². The summed E-state index contributed by atoms with van der Waals surface area (Å²) in [7, 11) is 0. The van der Waals surface area contributed by atoms with Crippen molar-refractivity contribution in [1.29, 1.82) is 0 Å². The third-order valence-electron chi connectivity index (χ3n) is 4.65. The molecule has 0 aromatic heterocycles. The molecule has 1 amide bonds. The average molecular weight is 272 g/mol. The molecule has 3 rings (SSSR count). The SMILES string of the molecule is NC1Cc2ccccc2N(C(=O)C2CCCCCC2)C1. The predicted molar refractivity (Wildman–Crippen MR) is 81.7 cm³/mol. The molecule has 1 saturated carbocycles. The minimum Gasteiger partial charge on any atom is -0.326 e. The van der Waals surface area contributed by atoms with Crippen molar-refractivity contribution >= 4 is 11.6 Å². The Morgan fingerprint density at radius 1 is 1.10 bits per heavy atom. The summed E-state index contributed by atoms with van der Waals surface area (Å²) in [5.74, 6) is 0.505. The van der Waals surface area contributed by atoms with E-state index in [0.717, 1.165) is 24.9 Å². The minimum absolute atomic E-state index is 0.0691. The van der Waals surface area contributed by atoms with Crippen molar-refractivity contribution in [1.82, 2.24) is 0 Å². The fourth-order valence-corrected chi connectivity index (χ4v) is 3.58. The zero-order valence-corrected chi connectivity index (χ0v) is 12.1. The maximum absolute atomic E-state index is 12.9. The third-order valence-corrected chi connectivity index (χ3v) is 4.65. The minimum atomic E-state index is 0.0691. The lowest BCUT2D eigenvalue weighted by Gasteiger charge is -2.35. The van der Waals surface area contributed by atoms with Crippen LogP contribution >= 0.6 is 0 Å². The first kappa shape index (κ1) is 13.6. The summed E-state index contributed by atoms with van der Waals surface area (Å²) in [6, 6.07) is 8.28.